The van der Waals surface area contributed by atoms with Crippen LogP contribution in [0.4, 0.5) is 0 Å². The molecule has 1 aliphatic rings. The molecule has 0 aliphatic carbocycles. The lowest BCUT2D eigenvalue weighted by atomic mass is 9.92. The van der Waals surface area contributed by atoms with Gasteiger partial charge in [0.2, 0.25) is 0 Å². The van der Waals surface area contributed by atoms with Crippen LogP contribution in [0.25, 0.3) is 0 Å². The highest BCUT2D eigenvalue weighted by Crippen LogP contribution is 2.27. The van der Waals surface area contributed by atoms with Gasteiger partial charge in [-0.3, -0.25) is 4.90 Å². The smallest absolute Gasteiger partial charge is 0.123 e. The van der Waals surface area contributed by atoms with Crippen molar-refractivity contribution in [1.82, 2.24) is 4.90 Å². The number of hydrogen-bond donors (Lipinski definition) is 1. The predicted molar refractivity (Wildman–Crippen MR) is 77.7 cm³/mol. The Bertz CT molecular complexity index is 415. The number of piperidine rings is 1. The zero-order valence-corrected chi connectivity index (χ0v) is 12.4. The van der Waals surface area contributed by atoms with Crippen LogP contribution in [0.15, 0.2) is 18.2 Å². The fraction of sp³-hybridized carbons (Fsp3) is 0.600. The predicted octanol–water partition coefficient (Wildman–Crippen LogP) is 2.94. The minimum atomic E-state index is -0.192. The molecular weight excluding hydrogens is 262 g/mol. The maximum Gasteiger partial charge on any atom is 0.123 e. The summed E-state index contributed by atoms with van der Waals surface area (Å²) in [5.41, 5.74) is 1.13. The molecule has 0 spiro atoms. The molecule has 1 atom stereocenters. The number of likely N-dealkylation sites (tertiary alicyclic amines) is 1. The molecule has 1 aromatic rings. The molecule has 1 heterocycles. The van der Waals surface area contributed by atoms with Crippen LogP contribution in [0.1, 0.15) is 25.3 Å². The van der Waals surface area contributed by atoms with Crippen LogP contribution in [0, 0.1) is 5.92 Å². The van der Waals surface area contributed by atoms with Gasteiger partial charge in [0.15, 0.2) is 0 Å². The lowest BCUT2D eigenvalue weighted by molar-refractivity contribution is 0.0693. The molecule has 2 rings (SSSR count). The number of aliphatic hydroxyl groups is 1. The van der Waals surface area contributed by atoms with Gasteiger partial charge in [0, 0.05) is 17.1 Å². The van der Waals surface area contributed by atoms with Crippen molar-refractivity contribution >= 4 is 11.6 Å². The fourth-order valence-electron chi connectivity index (χ4n) is 2.71. The number of hydrogen-bond acceptors (Lipinski definition) is 3. The second-order valence-electron chi connectivity index (χ2n) is 5.31. The zero-order valence-electron chi connectivity index (χ0n) is 11.6. The summed E-state index contributed by atoms with van der Waals surface area (Å²) < 4.78 is 5.38. The minimum Gasteiger partial charge on any atom is -0.496 e. The highest BCUT2D eigenvalue weighted by molar-refractivity contribution is 6.30. The summed E-state index contributed by atoms with van der Waals surface area (Å²) in [7, 11) is 1.69. The Morgan fingerprint density at radius 2 is 2.11 bits per heavy atom. The molecule has 1 fully saturated rings. The Hall–Kier alpha value is -0.770. The highest BCUT2D eigenvalue weighted by Gasteiger charge is 2.23. The van der Waals surface area contributed by atoms with Gasteiger partial charge in [0.05, 0.1) is 13.2 Å². The topological polar surface area (TPSA) is 32.7 Å². The summed E-state index contributed by atoms with van der Waals surface area (Å²) in [5.74, 6) is 1.33. The zero-order chi connectivity index (χ0) is 13.8. The fourth-order valence-corrected chi connectivity index (χ4v) is 2.90. The molecule has 4 heteroatoms. The van der Waals surface area contributed by atoms with E-state index in [1.807, 2.05) is 25.1 Å². The van der Waals surface area contributed by atoms with E-state index in [9.17, 15) is 5.11 Å². The first-order valence-corrected chi connectivity index (χ1v) is 7.20. The van der Waals surface area contributed by atoms with Crippen molar-refractivity contribution in [2.24, 2.45) is 5.92 Å². The van der Waals surface area contributed by atoms with Gasteiger partial charge in [-0.05, 0) is 57.0 Å². The average molecular weight is 284 g/mol. The Kier molecular flexibility index (Phi) is 5.08. The van der Waals surface area contributed by atoms with E-state index in [2.05, 4.69) is 4.90 Å². The average Bonchev–Trinajstić information content (AvgIpc) is 2.39. The molecule has 0 amide bonds. The number of nitrogens with zero attached hydrogens (tertiary/aromatic N) is 1. The molecule has 106 valence electrons. The maximum absolute atomic E-state index is 9.62. The van der Waals surface area contributed by atoms with Crippen molar-refractivity contribution in [3.05, 3.63) is 28.8 Å². The molecule has 0 aromatic heterocycles. The van der Waals surface area contributed by atoms with E-state index in [0.717, 1.165) is 48.8 Å². The van der Waals surface area contributed by atoms with Crippen LogP contribution in [0.3, 0.4) is 0 Å². The van der Waals surface area contributed by atoms with E-state index in [1.165, 1.54) is 0 Å². The SMILES string of the molecule is COc1ccc(Cl)cc1CN1CCC(C(C)O)CC1. The van der Waals surface area contributed by atoms with Crippen molar-refractivity contribution in [2.45, 2.75) is 32.4 Å². The summed E-state index contributed by atoms with van der Waals surface area (Å²) in [6.45, 7) is 4.78. The van der Waals surface area contributed by atoms with Crippen molar-refractivity contribution in [2.75, 3.05) is 20.2 Å². The second kappa shape index (κ2) is 6.60. The van der Waals surface area contributed by atoms with E-state index in [0.29, 0.717) is 5.92 Å². The highest BCUT2D eigenvalue weighted by atomic mass is 35.5. The number of methoxy groups -OCH3 is 1. The summed E-state index contributed by atoms with van der Waals surface area (Å²) in [6.07, 6.45) is 1.92. The van der Waals surface area contributed by atoms with Crippen LogP contribution < -0.4 is 4.74 Å². The van der Waals surface area contributed by atoms with Gasteiger partial charge in [-0.1, -0.05) is 11.6 Å². The largest absolute Gasteiger partial charge is 0.496 e. The van der Waals surface area contributed by atoms with Crippen LogP contribution in [-0.2, 0) is 6.54 Å². The first kappa shape index (κ1) is 14.6. The molecule has 1 aliphatic heterocycles. The summed E-state index contributed by atoms with van der Waals surface area (Å²) >= 11 is 6.05. The third kappa shape index (κ3) is 3.85. The molecule has 0 saturated carbocycles. The molecule has 1 aromatic carbocycles. The van der Waals surface area contributed by atoms with Gasteiger partial charge >= 0.3 is 0 Å². The molecule has 0 bridgehead atoms. The second-order valence-corrected chi connectivity index (χ2v) is 5.75. The standard InChI is InChI=1S/C15H22ClNO2/c1-11(18)12-5-7-17(8-6-12)10-13-9-14(16)3-4-15(13)19-2/h3-4,9,11-12,18H,5-8,10H2,1-2H3. The maximum atomic E-state index is 9.62. The lowest BCUT2D eigenvalue weighted by Gasteiger charge is -2.33. The lowest BCUT2D eigenvalue weighted by Crippen LogP contribution is -2.36. The number of benzene rings is 1. The van der Waals surface area contributed by atoms with E-state index in [-0.39, 0.29) is 6.10 Å². The summed E-state index contributed by atoms with van der Waals surface area (Å²) in [5, 5.41) is 10.4. The third-order valence-electron chi connectivity index (χ3n) is 3.95. The number of halogens is 1. The Balaban J connectivity index is 1.97. The van der Waals surface area contributed by atoms with Crippen LogP contribution in [-0.4, -0.2) is 36.3 Å². The van der Waals surface area contributed by atoms with Crippen molar-refractivity contribution in [1.29, 1.82) is 0 Å². The van der Waals surface area contributed by atoms with Crippen LogP contribution in [0.2, 0.25) is 5.02 Å². The van der Waals surface area contributed by atoms with E-state index in [1.54, 1.807) is 7.11 Å². The Morgan fingerprint density at radius 3 is 2.68 bits per heavy atom. The molecule has 0 radical (unpaired) electrons. The van der Waals surface area contributed by atoms with Gasteiger partial charge in [-0.25, -0.2) is 0 Å². The van der Waals surface area contributed by atoms with E-state index < -0.39 is 0 Å². The van der Waals surface area contributed by atoms with Gasteiger partial charge in [-0.15, -0.1) is 0 Å². The first-order valence-electron chi connectivity index (χ1n) is 6.83. The molecule has 1 N–H and O–H groups in total. The van der Waals surface area contributed by atoms with Crippen molar-refractivity contribution < 1.29 is 9.84 Å². The molecule has 3 nitrogen and oxygen atoms in total. The minimum absolute atomic E-state index is 0.192. The van der Waals surface area contributed by atoms with Gasteiger partial charge in [-0.2, -0.15) is 0 Å². The first-order chi connectivity index (χ1) is 9.10. The van der Waals surface area contributed by atoms with E-state index >= 15 is 0 Å². The Morgan fingerprint density at radius 1 is 1.42 bits per heavy atom. The molecule has 19 heavy (non-hydrogen) atoms. The quantitative estimate of drug-likeness (QED) is 0.922. The Labute approximate surface area is 120 Å². The van der Waals surface area contributed by atoms with Crippen molar-refractivity contribution in [3.63, 3.8) is 0 Å². The summed E-state index contributed by atoms with van der Waals surface area (Å²) in [4.78, 5) is 2.40. The molecule has 1 saturated heterocycles. The molecular formula is C15H22ClNO2. The van der Waals surface area contributed by atoms with Crippen LogP contribution in [0.5, 0.6) is 5.75 Å². The molecule has 1 unspecified atom stereocenters. The summed E-state index contributed by atoms with van der Waals surface area (Å²) in [6, 6.07) is 5.74. The van der Waals surface area contributed by atoms with Gasteiger partial charge in [0.25, 0.3) is 0 Å². The normalized spacial score (nSPS) is 19.4. The van der Waals surface area contributed by atoms with E-state index in [4.69, 9.17) is 16.3 Å². The van der Waals surface area contributed by atoms with Crippen molar-refractivity contribution in [3.8, 4) is 5.75 Å². The third-order valence-corrected chi connectivity index (χ3v) is 4.19. The number of ether oxygens (including phenoxy) is 1. The van der Waals surface area contributed by atoms with Crippen LogP contribution >= 0.6 is 11.6 Å². The number of aliphatic hydroxyl groups excluding tert-OH is 1. The monoisotopic (exact) mass is 283 g/mol. The van der Waals surface area contributed by atoms with Gasteiger partial charge in [0.1, 0.15) is 5.75 Å². The van der Waals surface area contributed by atoms with Gasteiger partial charge < -0.3 is 9.84 Å². The number of rotatable bonds is 4.